The molecule has 0 saturated heterocycles. The minimum atomic E-state index is -1.07. The molecule has 0 bridgehead atoms. The molecule has 0 saturated carbocycles. The molecular weight excluding hydrogens is 542 g/mol. The van der Waals surface area contributed by atoms with Crippen molar-refractivity contribution in [3.8, 4) is 12.3 Å². The van der Waals surface area contributed by atoms with Crippen molar-refractivity contribution in [1.82, 2.24) is 15.5 Å². The maximum Gasteiger partial charge on any atom is 0.408 e. The molecule has 1 rings (SSSR count). The molecule has 0 spiro atoms. The molecule has 0 heterocycles. The van der Waals surface area contributed by atoms with Crippen LogP contribution in [0.5, 0.6) is 0 Å². The monoisotopic (exact) mass is 589 g/mol. The van der Waals surface area contributed by atoms with Crippen molar-refractivity contribution in [2.45, 2.75) is 90.8 Å². The van der Waals surface area contributed by atoms with Gasteiger partial charge in [-0.2, -0.15) is 11.8 Å². The summed E-state index contributed by atoms with van der Waals surface area (Å²) in [5.74, 6) is 1.93. The number of terminal acetylenes is 1. The fraction of sp³-hybridized carbons (Fsp3) is 0.613. The van der Waals surface area contributed by atoms with Crippen molar-refractivity contribution < 1.29 is 28.7 Å². The molecule has 3 amide bonds. The summed E-state index contributed by atoms with van der Waals surface area (Å²) in [6.07, 6.45) is 10.9. The molecule has 2 unspecified atom stereocenters. The van der Waals surface area contributed by atoms with Crippen LogP contribution in [0, 0.1) is 12.3 Å². The molecule has 2 atom stereocenters. The van der Waals surface area contributed by atoms with Crippen molar-refractivity contribution >= 4 is 35.6 Å². The predicted octanol–water partition coefficient (Wildman–Crippen LogP) is 4.83. The second kappa shape index (κ2) is 19.0. The van der Waals surface area contributed by atoms with E-state index >= 15 is 0 Å². The number of nitrogens with one attached hydrogen (secondary N) is 2. The Morgan fingerprint density at radius 1 is 1.10 bits per heavy atom. The van der Waals surface area contributed by atoms with Crippen LogP contribution < -0.4 is 10.6 Å². The zero-order valence-corrected chi connectivity index (χ0v) is 26.2. The van der Waals surface area contributed by atoms with Crippen molar-refractivity contribution in [1.29, 1.82) is 0 Å². The molecule has 1 aromatic carbocycles. The first-order valence-corrected chi connectivity index (χ1v) is 15.7. The third kappa shape index (κ3) is 13.3. The molecule has 41 heavy (non-hydrogen) atoms. The van der Waals surface area contributed by atoms with Crippen LogP contribution in [0.1, 0.15) is 90.3 Å². The molecule has 0 aliphatic carbocycles. The molecule has 0 aliphatic rings. The maximum absolute atomic E-state index is 14.2. The highest BCUT2D eigenvalue weighted by Gasteiger charge is 2.36. The minimum absolute atomic E-state index is 0.00984. The Morgan fingerprint density at radius 2 is 1.80 bits per heavy atom. The molecular formula is C31H47N3O6S. The largest absolute Gasteiger partial charge is 0.466 e. The molecule has 0 aliphatic heterocycles. The highest BCUT2D eigenvalue weighted by Crippen LogP contribution is 2.27. The standard InChI is InChI=1S/C31H47N3O6S/c1-8-11-12-15-21-34(29(37)25(19-22-41-7)33-30(38)40-31(4,5)6)27(24-17-14-13-16-23(24)9-2)28(36)32-20-18-26(35)39-10-3/h2,13-14,16-17,25,27H,8,10-12,15,18-22H2,1,3-7H3,(H,32,36)(H,33,38). The van der Waals surface area contributed by atoms with Crippen LogP contribution >= 0.6 is 11.8 Å². The number of thioether (sulfide) groups is 1. The second-order valence-electron chi connectivity index (χ2n) is 10.6. The van der Waals surface area contributed by atoms with Gasteiger partial charge in [0.15, 0.2) is 0 Å². The van der Waals surface area contributed by atoms with Crippen LogP contribution in [0.15, 0.2) is 24.3 Å². The first-order valence-electron chi connectivity index (χ1n) is 14.3. The second-order valence-corrected chi connectivity index (χ2v) is 11.5. The fourth-order valence-corrected chi connectivity index (χ4v) is 4.63. The zero-order chi connectivity index (χ0) is 30.8. The molecule has 9 nitrogen and oxygen atoms in total. The summed E-state index contributed by atoms with van der Waals surface area (Å²) in [5, 5.41) is 5.53. The van der Waals surface area contributed by atoms with E-state index in [1.165, 1.54) is 4.90 Å². The van der Waals surface area contributed by atoms with Gasteiger partial charge in [-0.15, -0.1) is 6.42 Å². The van der Waals surface area contributed by atoms with Gasteiger partial charge >= 0.3 is 12.1 Å². The lowest BCUT2D eigenvalue weighted by Crippen LogP contribution is -2.53. The lowest BCUT2D eigenvalue weighted by molar-refractivity contribution is -0.144. The van der Waals surface area contributed by atoms with Gasteiger partial charge in [0.05, 0.1) is 13.0 Å². The molecule has 1 aromatic rings. The van der Waals surface area contributed by atoms with E-state index in [1.807, 2.05) is 6.26 Å². The average Bonchev–Trinajstić information content (AvgIpc) is 2.91. The van der Waals surface area contributed by atoms with E-state index < -0.39 is 41.6 Å². The number of hydrogen-bond donors (Lipinski definition) is 2. The topological polar surface area (TPSA) is 114 Å². The van der Waals surface area contributed by atoms with E-state index in [1.54, 1.807) is 63.7 Å². The first kappa shape index (κ1) is 35.8. The first-order chi connectivity index (χ1) is 19.5. The molecule has 0 radical (unpaired) electrons. The Labute approximate surface area is 249 Å². The highest BCUT2D eigenvalue weighted by molar-refractivity contribution is 7.98. The van der Waals surface area contributed by atoms with Gasteiger partial charge in [-0.25, -0.2) is 4.79 Å². The van der Waals surface area contributed by atoms with Crippen LogP contribution in [-0.4, -0.2) is 72.1 Å². The number of alkyl carbamates (subject to hydrolysis) is 1. The molecule has 0 aromatic heterocycles. The number of amides is 3. The quantitative estimate of drug-likeness (QED) is 0.152. The van der Waals surface area contributed by atoms with Crippen LogP contribution in [0.4, 0.5) is 4.79 Å². The summed E-state index contributed by atoms with van der Waals surface area (Å²) in [4.78, 5) is 54.2. The number of nitrogens with zero attached hydrogens (tertiary/aromatic N) is 1. The zero-order valence-electron chi connectivity index (χ0n) is 25.4. The number of benzene rings is 1. The van der Waals surface area contributed by atoms with Gasteiger partial charge in [-0.3, -0.25) is 14.4 Å². The van der Waals surface area contributed by atoms with Gasteiger partial charge in [0.25, 0.3) is 0 Å². The minimum Gasteiger partial charge on any atom is -0.466 e. The Bertz CT molecular complexity index is 1030. The van der Waals surface area contributed by atoms with Crippen molar-refractivity contribution in [2.75, 3.05) is 31.7 Å². The number of carbonyl (C=O) groups excluding carboxylic acids is 4. The molecule has 10 heteroatoms. The van der Waals surface area contributed by atoms with Crippen molar-refractivity contribution in [3.05, 3.63) is 35.4 Å². The van der Waals surface area contributed by atoms with Gasteiger partial charge in [0.2, 0.25) is 11.8 Å². The Kier molecular flexibility index (Phi) is 16.6. The summed E-state index contributed by atoms with van der Waals surface area (Å²) >= 11 is 1.55. The van der Waals surface area contributed by atoms with E-state index in [4.69, 9.17) is 15.9 Å². The van der Waals surface area contributed by atoms with Crippen molar-refractivity contribution in [3.63, 3.8) is 0 Å². The van der Waals surface area contributed by atoms with E-state index in [-0.39, 0.29) is 26.1 Å². The van der Waals surface area contributed by atoms with E-state index in [2.05, 4.69) is 23.5 Å². The summed E-state index contributed by atoms with van der Waals surface area (Å²) in [7, 11) is 0. The molecule has 228 valence electrons. The van der Waals surface area contributed by atoms with Gasteiger partial charge in [-0.1, -0.05) is 50.3 Å². The van der Waals surface area contributed by atoms with Gasteiger partial charge < -0.3 is 25.0 Å². The van der Waals surface area contributed by atoms with E-state index in [9.17, 15) is 19.2 Å². The van der Waals surface area contributed by atoms with Crippen LogP contribution in [-0.2, 0) is 23.9 Å². The molecule has 2 N–H and O–H groups in total. The third-order valence-corrected chi connectivity index (χ3v) is 6.68. The maximum atomic E-state index is 14.2. The van der Waals surface area contributed by atoms with Gasteiger partial charge in [0, 0.05) is 18.7 Å². The summed E-state index contributed by atoms with van der Waals surface area (Å²) in [6.45, 7) is 9.61. The lowest BCUT2D eigenvalue weighted by atomic mass is 9.97. The Morgan fingerprint density at radius 3 is 2.41 bits per heavy atom. The molecule has 0 fully saturated rings. The summed E-state index contributed by atoms with van der Waals surface area (Å²) < 4.78 is 10.4. The summed E-state index contributed by atoms with van der Waals surface area (Å²) in [6, 6.07) is 4.99. The Balaban J connectivity index is 3.50. The van der Waals surface area contributed by atoms with E-state index in [0.717, 1.165) is 19.3 Å². The number of carbonyl (C=O) groups is 4. The lowest BCUT2D eigenvalue weighted by Gasteiger charge is -2.35. The van der Waals surface area contributed by atoms with Crippen LogP contribution in [0.25, 0.3) is 0 Å². The number of hydrogen-bond acceptors (Lipinski definition) is 7. The third-order valence-electron chi connectivity index (χ3n) is 6.04. The number of rotatable bonds is 17. The van der Waals surface area contributed by atoms with E-state index in [0.29, 0.717) is 29.7 Å². The normalized spacial score (nSPS) is 12.4. The highest BCUT2D eigenvalue weighted by atomic mass is 32.2. The SMILES string of the molecule is C#Cc1ccccc1C(C(=O)NCCC(=O)OCC)N(CCCCCC)C(=O)C(CCSC)NC(=O)OC(C)(C)C. The Hall–Kier alpha value is -3.19. The van der Waals surface area contributed by atoms with Crippen molar-refractivity contribution in [2.24, 2.45) is 0 Å². The van der Waals surface area contributed by atoms with Crippen LogP contribution in [0.3, 0.4) is 0 Å². The number of ether oxygens (including phenoxy) is 2. The van der Waals surface area contributed by atoms with Gasteiger partial charge in [0.1, 0.15) is 17.7 Å². The summed E-state index contributed by atoms with van der Waals surface area (Å²) in [5.41, 5.74) is 0.225. The predicted molar refractivity (Wildman–Crippen MR) is 163 cm³/mol. The fourth-order valence-electron chi connectivity index (χ4n) is 4.15. The van der Waals surface area contributed by atoms with Gasteiger partial charge in [-0.05, 0) is 64.2 Å². The van der Waals surface area contributed by atoms with Crippen LogP contribution in [0.2, 0.25) is 0 Å². The smallest absolute Gasteiger partial charge is 0.408 e. The average molecular weight is 590 g/mol. The number of unbranched alkanes of at least 4 members (excludes halogenated alkanes) is 3. The number of esters is 1.